The Hall–Kier alpha value is -2.37. The van der Waals surface area contributed by atoms with Crippen molar-refractivity contribution in [3.05, 3.63) is 76.0 Å². The lowest BCUT2D eigenvalue weighted by molar-refractivity contribution is -0.113. The van der Waals surface area contributed by atoms with E-state index < -0.39 is 6.04 Å². The second-order valence-corrected chi connectivity index (χ2v) is 6.68. The van der Waals surface area contributed by atoms with E-state index in [1.54, 1.807) is 6.07 Å². The number of rotatable bonds is 3. The molecule has 4 nitrogen and oxygen atoms in total. The van der Waals surface area contributed by atoms with Gasteiger partial charge in [-0.2, -0.15) is 0 Å². The Morgan fingerprint density at radius 2 is 1.80 bits per heavy atom. The minimum absolute atomic E-state index is 0.195. The van der Waals surface area contributed by atoms with E-state index in [4.69, 9.17) is 23.8 Å². The SMILES string of the molecule is CC1=C(C(=O)Nc2ccccc2C)C(c2ccccc2Cl)NC(=S)N1. The number of allylic oxidation sites excluding steroid dienone is 1. The van der Waals surface area contributed by atoms with E-state index in [0.29, 0.717) is 21.4 Å². The maximum absolute atomic E-state index is 13.0. The molecule has 1 amide bonds. The lowest BCUT2D eigenvalue weighted by Crippen LogP contribution is -2.45. The zero-order valence-corrected chi connectivity index (χ0v) is 15.5. The van der Waals surface area contributed by atoms with Crippen LogP contribution in [-0.4, -0.2) is 11.0 Å². The van der Waals surface area contributed by atoms with Crippen LogP contribution in [0, 0.1) is 6.92 Å². The van der Waals surface area contributed by atoms with Gasteiger partial charge in [-0.15, -0.1) is 0 Å². The number of carbonyl (C=O) groups is 1. The third kappa shape index (κ3) is 3.67. The summed E-state index contributed by atoms with van der Waals surface area (Å²) >= 11 is 11.6. The highest BCUT2D eigenvalue weighted by Gasteiger charge is 2.31. The van der Waals surface area contributed by atoms with Gasteiger partial charge in [0, 0.05) is 16.4 Å². The quantitative estimate of drug-likeness (QED) is 0.711. The maximum Gasteiger partial charge on any atom is 0.255 e. The smallest absolute Gasteiger partial charge is 0.255 e. The van der Waals surface area contributed by atoms with Gasteiger partial charge in [-0.05, 0) is 49.3 Å². The molecule has 0 aliphatic carbocycles. The van der Waals surface area contributed by atoms with Crippen LogP contribution in [0.3, 0.4) is 0 Å². The van der Waals surface area contributed by atoms with Crippen LogP contribution < -0.4 is 16.0 Å². The summed E-state index contributed by atoms with van der Waals surface area (Å²) in [5, 5.41) is 10.2. The molecule has 1 heterocycles. The fourth-order valence-corrected chi connectivity index (χ4v) is 3.36. The van der Waals surface area contributed by atoms with Gasteiger partial charge in [-0.3, -0.25) is 4.79 Å². The van der Waals surface area contributed by atoms with Gasteiger partial charge in [0.25, 0.3) is 5.91 Å². The van der Waals surface area contributed by atoms with Crippen molar-refractivity contribution in [2.45, 2.75) is 19.9 Å². The van der Waals surface area contributed by atoms with Crippen molar-refractivity contribution < 1.29 is 4.79 Å². The van der Waals surface area contributed by atoms with E-state index in [0.717, 1.165) is 16.8 Å². The molecule has 2 aromatic carbocycles. The van der Waals surface area contributed by atoms with Crippen LogP contribution in [0.25, 0.3) is 0 Å². The molecule has 1 aliphatic heterocycles. The van der Waals surface area contributed by atoms with Gasteiger partial charge in [0.2, 0.25) is 0 Å². The topological polar surface area (TPSA) is 53.2 Å². The van der Waals surface area contributed by atoms with Crippen molar-refractivity contribution in [1.29, 1.82) is 0 Å². The largest absolute Gasteiger partial charge is 0.351 e. The number of amides is 1. The van der Waals surface area contributed by atoms with E-state index in [9.17, 15) is 4.79 Å². The van der Waals surface area contributed by atoms with Gasteiger partial charge in [0.1, 0.15) is 0 Å². The van der Waals surface area contributed by atoms with E-state index >= 15 is 0 Å². The van der Waals surface area contributed by atoms with Crippen LogP contribution >= 0.6 is 23.8 Å². The minimum Gasteiger partial charge on any atom is -0.351 e. The number of hydrogen-bond acceptors (Lipinski definition) is 2. The highest BCUT2D eigenvalue weighted by molar-refractivity contribution is 7.80. The lowest BCUT2D eigenvalue weighted by atomic mass is 9.94. The van der Waals surface area contributed by atoms with E-state index in [-0.39, 0.29) is 5.91 Å². The van der Waals surface area contributed by atoms with Crippen molar-refractivity contribution >= 4 is 40.5 Å². The Morgan fingerprint density at radius 1 is 1.12 bits per heavy atom. The first-order valence-electron chi connectivity index (χ1n) is 7.87. The number of carbonyl (C=O) groups excluding carboxylic acids is 1. The molecule has 25 heavy (non-hydrogen) atoms. The number of hydrogen-bond donors (Lipinski definition) is 3. The number of halogens is 1. The fraction of sp³-hybridized carbons (Fsp3) is 0.158. The van der Waals surface area contributed by atoms with Crippen LogP contribution in [0.2, 0.25) is 5.02 Å². The Kier molecular flexibility index (Phi) is 5.06. The van der Waals surface area contributed by atoms with Gasteiger partial charge < -0.3 is 16.0 Å². The monoisotopic (exact) mass is 371 g/mol. The third-order valence-corrected chi connectivity index (χ3v) is 4.69. The van der Waals surface area contributed by atoms with Crippen LogP contribution in [0.15, 0.2) is 59.8 Å². The second kappa shape index (κ2) is 7.25. The van der Waals surface area contributed by atoms with Crippen molar-refractivity contribution in [3.8, 4) is 0 Å². The maximum atomic E-state index is 13.0. The van der Waals surface area contributed by atoms with Crippen LogP contribution in [0.4, 0.5) is 5.69 Å². The second-order valence-electron chi connectivity index (χ2n) is 5.86. The van der Waals surface area contributed by atoms with E-state index in [1.165, 1.54) is 0 Å². The molecule has 3 N–H and O–H groups in total. The first kappa shape index (κ1) is 17.5. The summed E-state index contributed by atoms with van der Waals surface area (Å²) in [5.74, 6) is -0.195. The van der Waals surface area contributed by atoms with E-state index in [2.05, 4.69) is 16.0 Å². The average Bonchev–Trinajstić information content (AvgIpc) is 2.56. The van der Waals surface area contributed by atoms with Crippen LogP contribution in [-0.2, 0) is 4.79 Å². The van der Waals surface area contributed by atoms with Gasteiger partial charge in [0.05, 0.1) is 11.6 Å². The number of para-hydroxylation sites is 1. The minimum atomic E-state index is -0.411. The molecule has 6 heteroatoms. The summed E-state index contributed by atoms with van der Waals surface area (Å²) in [6.45, 7) is 3.79. The summed E-state index contributed by atoms with van der Waals surface area (Å²) in [7, 11) is 0. The van der Waals surface area contributed by atoms with Gasteiger partial charge in [-0.1, -0.05) is 48.0 Å². The zero-order chi connectivity index (χ0) is 18.0. The predicted molar refractivity (Wildman–Crippen MR) is 106 cm³/mol. The third-order valence-electron chi connectivity index (χ3n) is 4.12. The lowest BCUT2D eigenvalue weighted by Gasteiger charge is -2.31. The van der Waals surface area contributed by atoms with Crippen molar-refractivity contribution in [2.24, 2.45) is 0 Å². The highest BCUT2D eigenvalue weighted by atomic mass is 35.5. The fourth-order valence-electron chi connectivity index (χ4n) is 2.84. The average molecular weight is 372 g/mol. The first-order chi connectivity index (χ1) is 12.0. The Labute approximate surface area is 157 Å². The molecule has 3 rings (SSSR count). The standard InChI is InChI=1S/C19H18ClN3OS/c1-11-7-3-6-10-15(11)22-18(24)16-12(2)21-19(25)23-17(16)13-8-4-5-9-14(13)20/h3-10,17H,1-2H3,(H,22,24)(H2,21,23,25). The predicted octanol–water partition coefficient (Wildman–Crippen LogP) is 4.08. The summed E-state index contributed by atoms with van der Waals surface area (Å²) < 4.78 is 0. The molecule has 0 spiro atoms. The van der Waals surface area contributed by atoms with Crippen LogP contribution in [0.5, 0.6) is 0 Å². The molecule has 0 aromatic heterocycles. The Bertz CT molecular complexity index is 878. The molecule has 0 fully saturated rings. The summed E-state index contributed by atoms with van der Waals surface area (Å²) in [6, 6.07) is 14.7. The van der Waals surface area contributed by atoms with Crippen molar-refractivity contribution in [2.75, 3.05) is 5.32 Å². The highest BCUT2D eigenvalue weighted by Crippen LogP contribution is 2.32. The summed E-state index contributed by atoms with van der Waals surface area (Å²) in [5.41, 5.74) is 3.85. The molecular weight excluding hydrogens is 354 g/mol. The number of aryl methyl sites for hydroxylation is 1. The molecule has 1 unspecified atom stereocenters. The zero-order valence-electron chi connectivity index (χ0n) is 13.9. The number of thiocarbonyl (C=S) groups is 1. The summed E-state index contributed by atoms with van der Waals surface area (Å²) in [4.78, 5) is 13.0. The van der Waals surface area contributed by atoms with Gasteiger partial charge in [-0.25, -0.2) is 0 Å². The molecule has 0 saturated heterocycles. The van der Waals surface area contributed by atoms with Gasteiger partial charge in [0.15, 0.2) is 5.11 Å². The molecule has 0 bridgehead atoms. The molecule has 0 saturated carbocycles. The normalized spacial score (nSPS) is 16.9. The Balaban J connectivity index is 1.99. The first-order valence-corrected chi connectivity index (χ1v) is 8.65. The molecular formula is C19H18ClN3OS. The number of nitrogens with one attached hydrogen (secondary N) is 3. The van der Waals surface area contributed by atoms with Crippen molar-refractivity contribution in [1.82, 2.24) is 10.6 Å². The number of benzene rings is 2. The van der Waals surface area contributed by atoms with Crippen molar-refractivity contribution in [3.63, 3.8) is 0 Å². The van der Waals surface area contributed by atoms with Gasteiger partial charge >= 0.3 is 0 Å². The van der Waals surface area contributed by atoms with E-state index in [1.807, 2.05) is 56.3 Å². The van der Waals surface area contributed by atoms with Crippen LogP contribution in [0.1, 0.15) is 24.1 Å². The molecule has 0 radical (unpaired) electrons. The summed E-state index contributed by atoms with van der Waals surface area (Å²) in [6.07, 6.45) is 0. The molecule has 128 valence electrons. The molecule has 1 aliphatic rings. The molecule has 2 aromatic rings. The Morgan fingerprint density at radius 3 is 2.52 bits per heavy atom. The molecule has 1 atom stereocenters. The number of anilines is 1.